The summed E-state index contributed by atoms with van der Waals surface area (Å²) in [5.41, 5.74) is 2.89. The van der Waals surface area contributed by atoms with Crippen LogP contribution in [-0.2, 0) is 6.54 Å². The van der Waals surface area contributed by atoms with Gasteiger partial charge in [0.2, 0.25) is 0 Å². The monoisotopic (exact) mass is 274 g/mol. The molecule has 112 valence electrons. The molecule has 2 nitrogen and oxygen atoms in total. The topological polar surface area (TPSA) is 15.3 Å². The third-order valence-electron chi connectivity index (χ3n) is 4.22. The predicted molar refractivity (Wildman–Crippen MR) is 88.2 cm³/mol. The van der Waals surface area contributed by atoms with Crippen molar-refractivity contribution in [2.75, 3.05) is 24.5 Å². The lowest BCUT2D eigenvalue weighted by Gasteiger charge is -2.26. The van der Waals surface area contributed by atoms with Crippen molar-refractivity contribution < 1.29 is 0 Å². The number of hydrogen-bond acceptors (Lipinski definition) is 2. The van der Waals surface area contributed by atoms with Crippen molar-refractivity contribution in [3.8, 4) is 0 Å². The van der Waals surface area contributed by atoms with Crippen LogP contribution >= 0.6 is 0 Å². The molecule has 1 aliphatic heterocycles. The lowest BCUT2D eigenvalue weighted by atomic mass is 10.0. The molecule has 0 bridgehead atoms. The van der Waals surface area contributed by atoms with E-state index >= 15 is 0 Å². The minimum Gasteiger partial charge on any atom is -0.371 e. The summed E-state index contributed by atoms with van der Waals surface area (Å²) >= 11 is 0. The Morgan fingerprint density at radius 2 is 2.00 bits per heavy atom. The second kappa shape index (κ2) is 7.68. The molecule has 1 aromatic carbocycles. The van der Waals surface area contributed by atoms with E-state index in [-0.39, 0.29) is 0 Å². The van der Waals surface area contributed by atoms with Crippen molar-refractivity contribution in [2.24, 2.45) is 11.8 Å². The minimum absolute atomic E-state index is 0.709. The molecule has 0 aromatic heterocycles. The smallest absolute Gasteiger partial charge is 0.0411 e. The summed E-state index contributed by atoms with van der Waals surface area (Å²) in [7, 11) is 0. The highest BCUT2D eigenvalue weighted by atomic mass is 15.1. The first-order valence-electron chi connectivity index (χ1n) is 8.20. The number of nitrogens with zero attached hydrogens (tertiary/aromatic N) is 1. The second-order valence-electron chi connectivity index (χ2n) is 6.68. The minimum atomic E-state index is 0.709. The number of anilines is 1. The van der Waals surface area contributed by atoms with Crippen LogP contribution in [0.1, 0.15) is 45.6 Å². The molecule has 0 saturated carbocycles. The Bertz CT molecular complexity index is 400. The van der Waals surface area contributed by atoms with Crippen molar-refractivity contribution >= 4 is 5.69 Å². The number of nitrogens with one attached hydrogen (secondary N) is 1. The molecule has 1 N–H and O–H groups in total. The van der Waals surface area contributed by atoms with E-state index in [2.05, 4.69) is 55.3 Å². The molecule has 20 heavy (non-hydrogen) atoms. The standard InChI is InChI=1S/C18H30N2/c1-15(2)13-19-14-17-8-4-5-9-18(17)20-11-6-7-16(3)10-12-20/h4-5,8-9,15-16,19H,6-7,10-14H2,1-3H3. The zero-order valence-electron chi connectivity index (χ0n) is 13.4. The van der Waals surface area contributed by atoms with E-state index in [1.54, 1.807) is 0 Å². The maximum absolute atomic E-state index is 3.58. The van der Waals surface area contributed by atoms with Crippen LogP contribution in [0.25, 0.3) is 0 Å². The first-order chi connectivity index (χ1) is 9.66. The van der Waals surface area contributed by atoms with E-state index in [4.69, 9.17) is 0 Å². The summed E-state index contributed by atoms with van der Waals surface area (Å²) in [5, 5.41) is 3.58. The molecule has 1 aliphatic rings. The molecule has 1 fully saturated rings. The van der Waals surface area contributed by atoms with Crippen molar-refractivity contribution in [1.29, 1.82) is 0 Å². The number of hydrogen-bond donors (Lipinski definition) is 1. The van der Waals surface area contributed by atoms with Crippen LogP contribution in [-0.4, -0.2) is 19.6 Å². The zero-order valence-corrected chi connectivity index (χ0v) is 13.4. The predicted octanol–water partition coefficient (Wildman–Crippen LogP) is 4.06. The maximum Gasteiger partial charge on any atom is 0.0411 e. The summed E-state index contributed by atoms with van der Waals surface area (Å²) in [6.45, 7) is 11.4. The average Bonchev–Trinajstić information content (AvgIpc) is 2.64. The maximum atomic E-state index is 3.58. The molecule has 2 rings (SSSR count). The molecular formula is C18H30N2. The van der Waals surface area contributed by atoms with Gasteiger partial charge < -0.3 is 10.2 Å². The van der Waals surface area contributed by atoms with E-state index in [0.29, 0.717) is 5.92 Å². The Morgan fingerprint density at radius 1 is 1.20 bits per heavy atom. The number of rotatable bonds is 5. The van der Waals surface area contributed by atoms with E-state index in [9.17, 15) is 0 Å². The van der Waals surface area contributed by atoms with Crippen molar-refractivity contribution in [2.45, 2.75) is 46.6 Å². The molecule has 1 saturated heterocycles. The first kappa shape index (κ1) is 15.4. The van der Waals surface area contributed by atoms with Crippen molar-refractivity contribution in [3.63, 3.8) is 0 Å². The van der Waals surface area contributed by atoms with Crippen LogP contribution in [0.4, 0.5) is 5.69 Å². The Morgan fingerprint density at radius 3 is 2.80 bits per heavy atom. The van der Waals surface area contributed by atoms with Gasteiger partial charge in [0.05, 0.1) is 0 Å². The molecule has 0 spiro atoms. The summed E-state index contributed by atoms with van der Waals surface area (Å²) in [5.74, 6) is 1.59. The van der Waals surface area contributed by atoms with Gasteiger partial charge in [0, 0.05) is 25.3 Å². The van der Waals surface area contributed by atoms with Crippen molar-refractivity contribution in [3.05, 3.63) is 29.8 Å². The van der Waals surface area contributed by atoms with Crippen LogP contribution < -0.4 is 10.2 Å². The number of benzene rings is 1. The van der Waals surface area contributed by atoms with Gasteiger partial charge in [0.1, 0.15) is 0 Å². The van der Waals surface area contributed by atoms with Crippen LogP contribution in [0.2, 0.25) is 0 Å². The van der Waals surface area contributed by atoms with Crippen LogP contribution in [0, 0.1) is 11.8 Å². The highest BCUT2D eigenvalue weighted by molar-refractivity contribution is 5.53. The SMILES string of the molecule is CC(C)CNCc1ccccc1N1CCCC(C)CC1. The summed E-state index contributed by atoms with van der Waals surface area (Å²) < 4.78 is 0. The number of para-hydroxylation sites is 1. The summed E-state index contributed by atoms with van der Waals surface area (Å²) in [6.07, 6.45) is 4.03. The Hall–Kier alpha value is -1.02. The van der Waals surface area contributed by atoms with E-state index < -0.39 is 0 Å². The largest absolute Gasteiger partial charge is 0.371 e. The fourth-order valence-electron chi connectivity index (χ4n) is 2.97. The Labute approximate surface area is 124 Å². The fourth-order valence-corrected chi connectivity index (χ4v) is 2.97. The Kier molecular flexibility index (Phi) is 5.90. The average molecular weight is 274 g/mol. The van der Waals surface area contributed by atoms with Gasteiger partial charge in [0.25, 0.3) is 0 Å². The normalized spacial score (nSPS) is 20.2. The molecule has 2 heteroatoms. The molecule has 1 aromatic rings. The lowest BCUT2D eigenvalue weighted by molar-refractivity contribution is 0.521. The van der Waals surface area contributed by atoms with Crippen LogP contribution in [0.3, 0.4) is 0 Å². The van der Waals surface area contributed by atoms with Gasteiger partial charge in [-0.3, -0.25) is 0 Å². The highest BCUT2D eigenvalue weighted by Crippen LogP contribution is 2.25. The van der Waals surface area contributed by atoms with Gasteiger partial charge in [-0.05, 0) is 49.3 Å². The molecule has 1 heterocycles. The third kappa shape index (κ3) is 4.52. The van der Waals surface area contributed by atoms with Gasteiger partial charge in [0.15, 0.2) is 0 Å². The van der Waals surface area contributed by atoms with Crippen LogP contribution in [0.5, 0.6) is 0 Å². The van der Waals surface area contributed by atoms with E-state index in [0.717, 1.165) is 19.0 Å². The summed E-state index contributed by atoms with van der Waals surface area (Å²) in [4.78, 5) is 2.59. The highest BCUT2D eigenvalue weighted by Gasteiger charge is 2.16. The van der Waals surface area contributed by atoms with Gasteiger partial charge >= 0.3 is 0 Å². The first-order valence-corrected chi connectivity index (χ1v) is 8.20. The van der Waals surface area contributed by atoms with Gasteiger partial charge in [-0.2, -0.15) is 0 Å². The lowest BCUT2D eigenvalue weighted by Crippen LogP contribution is -2.27. The van der Waals surface area contributed by atoms with Gasteiger partial charge in [-0.15, -0.1) is 0 Å². The fraction of sp³-hybridized carbons (Fsp3) is 0.667. The second-order valence-corrected chi connectivity index (χ2v) is 6.68. The van der Waals surface area contributed by atoms with Gasteiger partial charge in [-0.1, -0.05) is 39.0 Å². The molecule has 1 unspecified atom stereocenters. The molecule has 0 amide bonds. The Balaban J connectivity index is 2.02. The third-order valence-corrected chi connectivity index (χ3v) is 4.22. The van der Waals surface area contributed by atoms with Gasteiger partial charge in [-0.25, -0.2) is 0 Å². The molecular weight excluding hydrogens is 244 g/mol. The molecule has 0 radical (unpaired) electrons. The van der Waals surface area contributed by atoms with Crippen molar-refractivity contribution in [1.82, 2.24) is 5.32 Å². The summed E-state index contributed by atoms with van der Waals surface area (Å²) in [6, 6.07) is 8.91. The van der Waals surface area contributed by atoms with E-state index in [1.165, 1.54) is 43.6 Å². The van der Waals surface area contributed by atoms with E-state index in [1.807, 2.05) is 0 Å². The van der Waals surface area contributed by atoms with Crippen LogP contribution in [0.15, 0.2) is 24.3 Å². The molecule has 0 aliphatic carbocycles. The zero-order chi connectivity index (χ0) is 14.4. The quantitative estimate of drug-likeness (QED) is 0.871. The molecule has 1 atom stereocenters.